The maximum absolute atomic E-state index is 12.3. The molecule has 0 aliphatic carbocycles. The van der Waals surface area contributed by atoms with Crippen molar-refractivity contribution in [3.8, 4) is 28.7 Å². The topological polar surface area (TPSA) is 95.7 Å². The van der Waals surface area contributed by atoms with Gasteiger partial charge in [-0.3, -0.25) is 10.1 Å². The van der Waals surface area contributed by atoms with Gasteiger partial charge in [-0.1, -0.05) is 5.10 Å². The lowest BCUT2D eigenvalue weighted by Gasteiger charge is -2.07. The van der Waals surface area contributed by atoms with E-state index in [1.807, 2.05) is 0 Å². The van der Waals surface area contributed by atoms with Crippen LogP contribution in [0.3, 0.4) is 0 Å². The Balaban J connectivity index is 1.80. The highest BCUT2D eigenvalue weighted by atomic mass is 16.5. The molecule has 0 aliphatic heterocycles. The molecule has 8 nitrogen and oxygen atoms in total. The normalized spacial score (nSPS) is 10.3. The molecule has 3 aromatic rings. The summed E-state index contributed by atoms with van der Waals surface area (Å²) >= 11 is 0. The van der Waals surface area contributed by atoms with Crippen molar-refractivity contribution in [2.45, 2.75) is 0 Å². The lowest BCUT2D eigenvalue weighted by atomic mass is 10.2. The smallest absolute Gasteiger partial charge is 0.322 e. The van der Waals surface area contributed by atoms with Crippen molar-refractivity contribution in [3.63, 3.8) is 0 Å². The summed E-state index contributed by atoms with van der Waals surface area (Å²) in [6.07, 6.45) is 0. The van der Waals surface area contributed by atoms with Crippen molar-refractivity contribution in [3.05, 3.63) is 48.0 Å². The van der Waals surface area contributed by atoms with Crippen LogP contribution in [0.4, 0.5) is 6.01 Å². The minimum absolute atomic E-state index is 0.0225. The minimum atomic E-state index is -0.375. The monoisotopic (exact) mass is 355 g/mol. The third-order valence-corrected chi connectivity index (χ3v) is 3.63. The van der Waals surface area contributed by atoms with Gasteiger partial charge in [0, 0.05) is 5.56 Å². The largest absolute Gasteiger partial charge is 0.497 e. The van der Waals surface area contributed by atoms with Gasteiger partial charge in [0.15, 0.2) is 0 Å². The first-order valence-electron chi connectivity index (χ1n) is 7.66. The number of methoxy groups -OCH3 is 3. The fourth-order valence-electron chi connectivity index (χ4n) is 2.28. The van der Waals surface area contributed by atoms with Crippen molar-refractivity contribution in [2.75, 3.05) is 26.6 Å². The third kappa shape index (κ3) is 3.59. The molecule has 1 N–H and O–H groups in total. The van der Waals surface area contributed by atoms with Crippen LogP contribution < -0.4 is 19.5 Å². The average Bonchev–Trinajstić information content (AvgIpc) is 3.15. The second-order valence-electron chi connectivity index (χ2n) is 5.16. The van der Waals surface area contributed by atoms with Gasteiger partial charge in [-0.05, 0) is 42.5 Å². The Morgan fingerprint density at radius 3 is 2.27 bits per heavy atom. The number of hydrogen-bond acceptors (Lipinski definition) is 7. The van der Waals surface area contributed by atoms with Crippen LogP contribution in [-0.4, -0.2) is 37.4 Å². The van der Waals surface area contributed by atoms with Gasteiger partial charge in [-0.2, -0.15) is 0 Å². The number of aromatic nitrogens is 2. The van der Waals surface area contributed by atoms with Crippen molar-refractivity contribution in [2.24, 2.45) is 0 Å². The molecule has 26 heavy (non-hydrogen) atoms. The van der Waals surface area contributed by atoms with E-state index in [9.17, 15) is 4.79 Å². The predicted octanol–water partition coefficient (Wildman–Crippen LogP) is 3.01. The molecule has 8 heteroatoms. The summed E-state index contributed by atoms with van der Waals surface area (Å²) < 4.78 is 21.1. The van der Waals surface area contributed by atoms with Gasteiger partial charge in [0.25, 0.3) is 11.8 Å². The van der Waals surface area contributed by atoms with E-state index >= 15 is 0 Å². The molecule has 0 saturated heterocycles. The number of amides is 1. The number of hydrogen-bond donors (Lipinski definition) is 1. The number of carbonyl (C=O) groups is 1. The molecule has 0 fully saturated rings. The molecule has 0 atom stereocenters. The summed E-state index contributed by atoms with van der Waals surface area (Å²) in [6, 6.07) is 11.8. The second-order valence-corrected chi connectivity index (χ2v) is 5.16. The fraction of sp³-hybridized carbons (Fsp3) is 0.167. The molecule has 0 unspecified atom stereocenters. The lowest BCUT2D eigenvalue weighted by Crippen LogP contribution is -2.11. The first kappa shape index (κ1) is 17.3. The minimum Gasteiger partial charge on any atom is -0.497 e. The maximum atomic E-state index is 12.3. The molecule has 3 rings (SSSR count). The van der Waals surface area contributed by atoms with Crippen molar-refractivity contribution in [1.82, 2.24) is 10.2 Å². The van der Waals surface area contributed by atoms with Gasteiger partial charge in [-0.15, -0.1) is 5.10 Å². The predicted molar refractivity (Wildman–Crippen MR) is 93.8 cm³/mol. The standard InChI is InChI=1S/C18H17N3O5/c1-23-12-6-4-11(5-7-12)16(22)19-18-21-20-17(26-18)14-10-13(24-2)8-9-15(14)25-3/h4-10H,1-3H3,(H,19,21,22). The molecule has 0 bridgehead atoms. The Bertz CT molecular complexity index is 905. The summed E-state index contributed by atoms with van der Waals surface area (Å²) in [5.74, 6) is 1.64. The quantitative estimate of drug-likeness (QED) is 0.726. The Hall–Kier alpha value is -3.55. The number of carbonyl (C=O) groups excluding carboxylic acids is 1. The van der Waals surface area contributed by atoms with Gasteiger partial charge in [0.2, 0.25) is 0 Å². The number of ether oxygens (including phenoxy) is 3. The number of nitrogens with one attached hydrogen (secondary N) is 1. The van der Waals surface area contributed by atoms with Crippen LogP contribution >= 0.6 is 0 Å². The highest BCUT2D eigenvalue weighted by molar-refractivity contribution is 6.03. The molecule has 134 valence electrons. The second kappa shape index (κ2) is 7.56. The first-order chi connectivity index (χ1) is 12.6. The van der Waals surface area contributed by atoms with Crippen LogP contribution in [-0.2, 0) is 0 Å². The summed E-state index contributed by atoms with van der Waals surface area (Å²) in [7, 11) is 4.65. The molecule has 0 aliphatic rings. The molecular weight excluding hydrogens is 338 g/mol. The highest BCUT2D eigenvalue weighted by Gasteiger charge is 2.16. The Morgan fingerprint density at radius 2 is 1.62 bits per heavy atom. The summed E-state index contributed by atoms with van der Waals surface area (Å²) in [5, 5.41) is 10.4. The van der Waals surface area contributed by atoms with Gasteiger partial charge in [0.05, 0.1) is 26.9 Å². The van der Waals surface area contributed by atoms with Crippen LogP contribution in [0.5, 0.6) is 17.2 Å². The fourth-order valence-corrected chi connectivity index (χ4v) is 2.28. The van der Waals surface area contributed by atoms with Crippen LogP contribution in [0, 0.1) is 0 Å². The van der Waals surface area contributed by atoms with E-state index < -0.39 is 0 Å². The zero-order chi connectivity index (χ0) is 18.5. The zero-order valence-corrected chi connectivity index (χ0v) is 14.5. The van der Waals surface area contributed by atoms with E-state index in [4.69, 9.17) is 18.6 Å². The molecule has 2 aromatic carbocycles. The van der Waals surface area contributed by atoms with E-state index in [2.05, 4.69) is 15.5 Å². The third-order valence-electron chi connectivity index (χ3n) is 3.63. The molecule has 0 radical (unpaired) electrons. The van der Waals surface area contributed by atoms with Crippen LogP contribution in [0.25, 0.3) is 11.5 Å². The molecular formula is C18H17N3O5. The molecule has 1 amide bonds. The Labute approximate surface area is 149 Å². The maximum Gasteiger partial charge on any atom is 0.322 e. The highest BCUT2D eigenvalue weighted by Crippen LogP contribution is 2.33. The van der Waals surface area contributed by atoms with Crippen LogP contribution in [0.1, 0.15) is 10.4 Å². The average molecular weight is 355 g/mol. The van der Waals surface area contributed by atoms with E-state index in [-0.39, 0.29) is 17.8 Å². The number of nitrogens with zero attached hydrogens (tertiary/aromatic N) is 2. The first-order valence-corrected chi connectivity index (χ1v) is 7.66. The van der Waals surface area contributed by atoms with Crippen molar-refractivity contribution in [1.29, 1.82) is 0 Å². The Morgan fingerprint density at radius 1 is 0.923 bits per heavy atom. The van der Waals surface area contributed by atoms with E-state index in [1.165, 1.54) is 7.11 Å². The van der Waals surface area contributed by atoms with E-state index in [0.717, 1.165) is 0 Å². The summed E-state index contributed by atoms with van der Waals surface area (Å²) in [5.41, 5.74) is 0.994. The summed E-state index contributed by atoms with van der Waals surface area (Å²) in [4.78, 5) is 12.3. The lowest BCUT2D eigenvalue weighted by molar-refractivity contribution is 0.102. The van der Waals surface area contributed by atoms with Gasteiger partial charge in [0.1, 0.15) is 17.2 Å². The van der Waals surface area contributed by atoms with Gasteiger partial charge in [-0.25, -0.2) is 0 Å². The van der Waals surface area contributed by atoms with E-state index in [1.54, 1.807) is 56.7 Å². The Kier molecular flexibility index (Phi) is 5.02. The van der Waals surface area contributed by atoms with Gasteiger partial charge >= 0.3 is 6.01 Å². The number of rotatable bonds is 6. The molecule has 0 spiro atoms. The molecule has 1 aromatic heterocycles. The zero-order valence-electron chi connectivity index (χ0n) is 14.5. The summed E-state index contributed by atoms with van der Waals surface area (Å²) in [6.45, 7) is 0. The molecule has 1 heterocycles. The van der Waals surface area contributed by atoms with Gasteiger partial charge < -0.3 is 18.6 Å². The van der Waals surface area contributed by atoms with Crippen LogP contribution in [0.15, 0.2) is 46.9 Å². The van der Waals surface area contributed by atoms with Crippen molar-refractivity contribution < 1.29 is 23.4 Å². The van der Waals surface area contributed by atoms with Crippen molar-refractivity contribution >= 4 is 11.9 Å². The van der Waals surface area contributed by atoms with E-state index in [0.29, 0.717) is 28.4 Å². The number of benzene rings is 2. The SMILES string of the molecule is COc1ccc(C(=O)Nc2nnc(-c3cc(OC)ccc3OC)o2)cc1. The molecule has 0 saturated carbocycles. The number of anilines is 1. The van der Waals surface area contributed by atoms with Crippen LogP contribution in [0.2, 0.25) is 0 Å².